The average Bonchev–Trinajstić information content (AvgIpc) is 2.95. The largest absolute Gasteiger partial charge is 0.282 e. The fourth-order valence-corrected chi connectivity index (χ4v) is 3.88. The van der Waals surface area contributed by atoms with Gasteiger partial charge < -0.3 is 0 Å². The summed E-state index contributed by atoms with van der Waals surface area (Å²) < 4.78 is 15.4. The Labute approximate surface area is 135 Å². The lowest BCUT2D eigenvalue weighted by Crippen LogP contribution is -2.23. The molecular weight excluding hydrogens is 319 g/mol. The highest BCUT2D eigenvalue weighted by Crippen LogP contribution is 2.24. The molecule has 0 aliphatic carbocycles. The van der Waals surface area contributed by atoms with Crippen LogP contribution in [0.1, 0.15) is 17.4 Å². The Morgan fingerprint density at radius 2 is 2.14 bits per heavy atom. The standard InChI is InChI=1S/C16H15FN2OS2/c1-3-11-8-12-14(22-11)18-16(21-2)19(15(12)20)9-10-6-4-5-7-13(10)17/h4-8H,3,9H2,1-2H3. The van der Waals surface area contributed by atoms with Crippen LogP contribution in [0.3, 0.4) is 0 Å². The molecule has 0 aliphatic rings. The van der Waals surface area contributed by atoms with Gasteiger partial charge in [0.05, 0.1) is 11.9 Å². The zero-order chi connectivity index (χ0) is 15.7. The van der Waals surface area contributed by atoms with Crippen LogP contribution in [0.5, 0.6) is 0 Å². The summed E-state index contributed by atoms with van der Waals surface area (Å²) in [5.74, 6) is -0.305. The van der Waals surface area contributed by atoms with Crippen molar-refractivity contribution in [2.24, 2.45) is 0 Å². The van der Waals surface area contributed by atoms with Gasteiger partial charge in [0.25, 0.3) is 5.56 Å². The Morgan fingerprint density at radius 3 is 2.82 bits per heavy atom. The topological polar surface area (TPSA) is 34.9 Å². The molecule has 3 rings (SSSR count). The number of hydrogen-bond donors (Lipinski definition) is 0. The second-order valence-electron chi connectivity index (χ2n) is 4.87. The van der Waals surface area contributed by atoms with Crippen LogP contribution in [0.4, 0.5) is 4.39 Å². The number of nitrogens with zero attached hydrogens (tertiary/aromatic N) is 2. The molecule has 3 nitrogen and oxygen atoms in total. The third-order valence-electron chi connectivity index (χ3n) is 3.48. The highest BCUT2D eigenvalue weighted by atomic mass is 32.2. The molecule has 0 atom stereocenters. The van der Waals surface area contributed by atoms with E-state index in [0.717, 1.165) is 16.1 Å². The summed E-state index contributed by atoms with van der Waals surface area (Å²) in [4.78, 5) is 19.2. The van der Waals surface area contributed by atoms with Crippen LogP contribution < -0.4 is 5.56 Å². The fraction of sp³-hybridized carbons (Fsp3) is 0.250. The van der Waals surface area contributed by atoms with Crippen molar-refractivity contribution in [3.05, 3.63) is 56.9 Å². The predicted molar refractivity (Wildman–Crippen MR) is 90.5 cm³/mol. The van der Waals surface area contributed by atoms with Crippen molar-refractivity contribution < 1.29 is 4.39 Å². The molecule has 0 fully saturated rings. The molecule has 0 saturated carbocycles. The third-order valence-corrected chi connectivity index (χ3v) is 5.33. The van der Waals surface area contributed by atoms with Crippen LogP contribution in [-0.4, -0.2) is 15.8 Å². The highest BCUT2D eigenvalue weighted by Gasteiger charge is 2.14. The number of fused-ring (bicyclic) bond motifs is 1. The van der Waals surface area contributed by atoms with Crippen LogP contribution in [-0.2, 0) is 13.0 Å². The summed E-state index contributed by atoms with van der Waals surface area (Å²) >= 11 is 2.95. The summed E-state index contributed by atoms with van der Waals surface area (Å²) in [6.45, 7) is 2.25. The van der Waals surface area contributed by atoms with E-state index in [1.165, 1.54) is 17.8 Å². The Bertz CT molecular complexity index is 885. The summed E-state index contributed by atoms with van der Waals surface area (Å²) in [6, 6.07) is 8.42. The number of thiophene rings is 1. The molecule has 114 valence electrons. The van der Waals surface area contributed by atoms with E-state index in [-0.39, 0.29) is 17.9 Å². The zero-order valence-corrected chi connectivity index (χ0v) is 13.9. The van der Waals surface area contributed by atoms with Gasteiger partial charge in [-0.1, -0.05) is 36.9 Å². The molecule has 3 aromatic rings. The van der Waals surface area contributed by atoms with E-state index >= 15 is 0 Å². The first-order chi connectivity index (χ1) is 10.6. The average molecular weight is 334 g/mol. The molecule has 1 aromatic carbocycles. The smallest absolute Gasteiger partial charge is 0.263 e. The number of rotatable bonds is 4. The SMILES string of the molecule is CCc1cc2c(=O)n(Cc3ccccc3F)c(SC)nc2s1. The maximum Gasteiger partial charge on any atom is 0.263 e. The van der Waals surface area contributed by atoms with Gasteiger partial charge in [-0.3, -0.25) is 9.36 Å². The van der Waals surface area contributed by atoms with E-state index in [1.807, 2.05) is 12.3 Å². The van der Waals surface area contributed by atoms with Crippen LogP contribution >= 0.6 is 23.1 Å². The number of aromatic nitrogens is 2. The monoisotopic (exact) mass is 334 g/mol. The minimum atomic E-state index is -0.305. The molecular formula is C16H15FN2OS2. The van der Waals surface area contributed by atoms with E-state index in [2.05, 4.69) is 11.9 Å². The minimum absolute atomic E-state index is 0.103. The van der Waals surface area contributed by atoms with Gasteiger partial charge in [-0.2, -0.15) is 0 Å². The van der Waals surface area contributed by atoms with E-state index in [9.17, 15) is 9.18 Å². The molecule has 2 heterocycles. The first kappa shape index (κ1) is 15.2. The third kappa shape index (κ3) is 2.68. The Hall–Kier alpha value is -1.66. The number of aryl methyl sites for hydroxylation is 1. The second kappa shape index (κ2) is 6.22. The van der Waals surface area contributed by atoms with Crippen molar-refractivity contribution in [1.29, 1.82) is 0 Å². The normalized spacial score (nSPS) is 11.2. The minimum Gasteiger partial charge on any atom is -0.282 e. The molecule has 0 amide bonds. The Kier molecular flexibility index (Phi) is 4.31. The number of hydrogen-bond acceptors (Lipinski definition) is 4. The Morgan fingerprint density at radius 1 is 1.36 bits per heavy atom. The highest BCUT2D eigenvalue weighted by molar-refractivity contribution is 7.98. The van der Waals surface area contributed by atoms with Gasteiger partial charge >= 0.3 is 0 Å². The van der Waals surface area contributed by atoms with Crippen LogP contribution in [0.25, 0.3) is 10.2 Å². The van der Waals surface area contributed by atoms with Crippen molar-refractivity contribution in [1.82, 2.24) is 9.55 Å². The molecule has 2 aromatic heterocycles. The fourth-order valence-electron chi connectivity index (χ4n) is 2.31. The van der Waals surface area contributed by atoms with E-state index in [4.69, 9.17) is 0 Å². The van der Waals surface area contributed by atoms with Gasteiger partial charge in [-0.05, 0) is 24.8 Å². The first-order valence-electron chi connectivity index (χ1n) is 6.94. The number of thioether (sulfide) groups is 1. The van der Waals surface area contributed by atoms with Gasteiger partial charge in [0.1, 0.15) is 10.6 Å². The lowest BCUT2D eigenvalue weighted by molar-refractivity contribution is 0.580. The van der Waals surface area contributed by atoms with E-state index in [1.54, 1.807) is 34.1 Å². The van der Waals surface area contributed by atoms with Crippen molar-refractivity contribution in [3.8, 4) is 0 Å². The Balaban J connectivity index is 2.17. The molecule has 0 N–H and O–H groups in total. The predicted octanol–water partition coefficient (Wildman–Crippen LogP) is 3.93. The van der Waals surface area contributed by atoms with E-state index < -0.39 is 0 Å². The van der Waals surface area contributed by atoms with Crippen LogP contribution in [0, 0.1) is 5.82 Å². The molecule has 6 heteroatoms. The van der Waals surface area contributed by atoms with Crippen molar-refractivity contribution in [3.63, 3.8) is 0 Å². The molecule has 0 aliphatic heterocycles. The van der Waals surface area contributed by atoms with Gasteiger partial charge in [0.2, 0.25) is 0 Å². The van der Waals surface area contributed by atoms with Crippen molar-refractivity contribution in [2.45, 2.75) is 25.0 Å². The zero-order valence-electron chi connectivity index (χ0n) is 12.3. The quantitative estimate of drug-likeness (QED) is 0.536. The van der Waals surface area contributed by atoms with Crippen LogP contribution in [0.15, 0.2) is 40.3 Å². The van der Waals surface area contributed by atoms with Gasteiger partial charge in [-0.15, -0.1) is 11.3 Å². The van der Waals surface area contributed by atoms with Crippen molar-refractivity contribution >= 4 is 33.3 Å². The first-order valence-corrected chi connectivity index (χ1v) is 8.98. The van der Waals surface area contributed by atoms with Gasteiger partial charge in [0.15, 0.2) is 5.16 Å². The summed E-state index contributed by atoms with van der Waals surface area (Å²) in [7, 11) is 0. The summed E-state index contributed by atoms with van der Waals surface area (Å²) in [5.41, 5.74) is 0.389. The van der Waals surface area contributed by atoms with Crippen molar-refractivity contribution in [2.75, 3.05) is 6.26 Å². The number of benzene rings is 1. The molecule has 22 heavy (non-hydrogen) atoms. The number of halogens is 1. The maximum absolute atomic E-state index is 13.9. The molecule has 0 radical (unpaired) electrons. The van der Waals surface area contributed by atoms with Gasteiger partial charge in [0, 0.05) is 10.4 Å². The lowest BCUT2D eigenvalue weighted by Gasteiger charge is -2.11. The molecule has 0 saturated heterocycles. The summed E-state index contributed by atoms with van der Waals surface area (Å²) in [5, 5.41) is 1.24. The van der Waals surface area contributed by atoms with Gasteiger partial charge in [-0.25, -0.2) is 9.37 Å². The van der Waals surface area contributed by atoms with E-state index in [0.29, 0.717) is 16.1 Å². The van der Waals surface area contributed by atoms with Crippen LogP contribution in [0.2, 0.25) is 0 Å². The summed E-state index contributed by atoms with van der Waals surface area (Å²) in [6.07, 6.45) is 2.75. The lowest BCUT2D eigenvalue weighted by atomic mass is 10.2. The maximum atomic E-state index is 13.9. The molecule has 0 unspecified atom stereocenters. The molecule has 0 bridgehead atoms. The second-order valence-corrected chi connectivity index (χ2v) is 6.75. The molecule has 0 spiro atoms.